The quantitative estimate of drug-likeness (QED) is 0.779. The van der Waals surface area contributed by atoms with Gasteiger partial charge in [-0.15, -0.1) is 5.10 Å². The summed E-state index contributed by atoms with van der Waals surface area (Å²) in [5, 5.41) is 14.9. The van der Waals surface area contributed by atoms with E-state index in [1.165, 1.54) is 17.7 Å². The maximum atomic E-state index is 3.97. The molecule has 1 aliphatic heterocycles. The van der Waals surface area contributed by atoms with Crippen molar-refractivity contribution < 1.29 is 0 Å². The molecule has 3 rings (SSSR count). The van der Waals surface area contributed by atoms with Crippen molar-refractivity contribution in [2.75, 3.05) is 11.9 Å². The standard InChI is InChI=1S/C11H13N5/c1-8-13-14-15-16(8)10-4-5-11-9(7-10)3-2-6-12-11/h4-5,7,12H,2-3,6H2,1H3. The minimum absolute atomic E-state index is 0.809. The van der Waals surface area contributed by atoms with Gasteiger partial charge in [0.1, 0.15) is 0 Å². The summed E-state index contributed by atoms with van der Waals surface area (Å²) in [7, 11) is 0. The number of hydrogen-bond donors (Lipinski definition) is 1. The number of nitrogens with one attached hydrogen (secondary N) is 1. The van der Waals surface area contributed by atoms with Gasteiger partial charge in [-0.1, -0.05) is 0 Å². The molecule has 2 aromatic rings. The van der Waals surface area contributed by atoms with Gasteiger partial charge in [0.15, 0.2) is 5.82 Å². The van der Waals surface area contributed by atoms with Crippen LogP contribution < -0.4 is 5.32 Å². The zero-order valence-electron chi connectivity index (χ0n) is 9.14. The molecule has 1 aliphatic rings. The number of aryl methyl sites for hydroxylation is 2. The molecular formula is C11H13N5. The second kappa shape index (κ2) is 3.59. The highest BCUT2D eigenvalue weighted by Crippen LogP contribution is 2.24. The Morgan fingerprint density at radius 1 is 1.38 bits per heavy atom. The number of nitrogens with zero attached hydrogens (tertiary/aromatic N) is 4. The van der Waals surface area contributed by atoms with E-state index in [0.717, 1.165) is 24.5 Å². The van der Waals surface area contributed by atoms with Crippen LogP contribution in [0.25, 0.3) is 5.69 Å². The summed E-state index contributed by atoms with van der Waals surface area (Å²) in [6.45, 7) is 2.97. The molecule has 1 N–H and O–H groups in total. The number of fused-ring (bicyclic) bond motifs is 1. The molecule has 0 amide bonds. The van der Waals surface area contributed by atoms with Crippen LogP contribution in [0.15, 0.2) is 18.2 Å². The predicted molar refractivity (Wildman–Crippen MR) is 60.7 cm³/mol. The summed E-state index contributed by atoms with van der Waals surface area (Å²) in [5.74, 6) is 0.809. The second-order valence-corrected chi connectivity index (χ2v) is 4.01. The number of anilines is 1. The summed E-state index contributed by atoms with van der Waals surface area (Å²) < 4.78 is 1.76. The van der Waals surface area contributed by atoms with Crippen LogP contribution in [0, 0.1) is 6.92 Å². The Kier molecular flexibility index (Phi) is 2.09. The molecule has 0 saturated carbocycles. The Bertz CT molecular complexity index is 517. The summed E-state index contributed by atoms with van der Waals surface area (Å²) in [6, 6.07) is 6.30. The van der Waals surface area contributed by atoms with Crippen molar-refractivity contribution in [3.05, 3.63) is 29.6 Å². The van der Waals surface area contributed by atoms with Crippen LogP contribution in [0.2, 0.25) is 0 Å². The molecule has 82 valence electrons. The average Bonchev–Trinajstić information content (AvgIpc) is 2.75. The third-order valence-corrected chi connectivity index (χ3v) is 2.90. The van der Waals surface area contributed by atoms with E-state index >= 15 is 0 Å². The van der Waals surface area contributed by atoms with Crippen LogP contribution in [-0.2, 0) is 6.42 Å². The predicted octanol–water partition coefficient (Wildman–Crippen LogP) is 1.33. The zero-order chi connectivity index (χ0) is 11.0. The molecule has 1 aromatic heterocycles. The van der Waals surface area contributed by atoms with Gasteiger partial charge < -0.3 is 5.32 Å². The summed E-state index contributed by atoms with van der Waals surface area (Å²) in [5.41, 5.74) is 3.62. The van der Waals surface area contributed by atoms with Crippen LogP contribution in [-0.4, -0.2) is 26.8 Å². The molecule has 0 unspecified atom stereocenters. The third-order valence-electron chi connectivity index (χ3n) is 2.90. The van der Waals surface area contributed by atoms with Crippen LogP contribution in [0.5, 0.6) is 0 Å². The molecule has 0 bridgehead atoms. The summed E-state index contributed by atoms with van der Waals surface area (Å²) in [4.78, 5) is 0. The van der Waals surface area contributed by atoms with E-state index in [9.17, 15) is 0 Å². The van der Waals surface area contributed by atoms with Gasteiger partial charge in [-0.3, -0.25) is 0 Å². The first-order valence-corrected chi connectivity index (χ1v) is 5.47. The lowest BCUT2D eigenvalue weighted by Gasteiger charge is -2.18. The molecule has 5 heteroatoms. The van der Waals surface area contributed by atoms with Gasteiger partial charge in [-0.2, -0.15) is 4.68 Å². The van der Waals surface area contributed by atoms with E-state index in [-0.39, 0.29) is 0 Å². The fourth-order valence-electron chi connectivity index (χ4n) is 2.06. The smallest absolute Gasteiger partial charge is 0.153 e. The van der Waals surface area contributed by atoms with Gasteiger partial charge in [-0.05, 0) is 54.0 Å². The number of tetrazole rings is 1. The van der Waals surface area contributed by atoms with Gasteiger partial charge in [0.2, 0.25) is 0 Å². The van der Waals surface area contributed by atoms with E-state index in [2.05, 4.69) is 33.0 Å². The Morgan fingerprint density at radius 3 is 3.12 bits per heavy atom. The van der Waals surface area contributed by atoms with Crippen molar-refractivity contribution in [1.29, 1.82) is 0 Å². The Morgan fingerprint density at radius 2 is 2.31 bits per heavy atom. The first kappa shape index (κ1) is 9.33. The fraction of sp³-hybridized carbons (Fsp3) is 0.364. The van der Waals surface area contributed by atoms with Gasteiger partial charge in [0.25, 0.3) is 0 Å². The van der Waals surface area contributed by atoms with E-state index in [0.29, 0.717) is 0 Å². The molecule has 0 spiro atoms. The van der Waals surface area contributed by atoms with Gasteiger partial charge in [0.05, 0.1) is 5.69 Å². The highest BCUT2D eigenvalue weighted by atomic mass is 15.5. The molecule has 0 aliphatic carbocycles. The SMILES string of the molecule is Cc1nnnn1-c1ccc2c(c1)CCCN2. The van der Waals surface area contributed by atoms with Crippen LogP contribution in [0.3, 0.4) is 0 Å². The maximum absolute atomic E-state index is 3.97. The molecule has 0 saturated heterocycles. The Hall–Kier alpha value is -1.91. The summed E-state index contributed by atoms with van der Waals surface area (Å²) >= 11 is 0. The largest absolute Gasteiger partial charge is 0.385 e. The molecule has 1 aromatic carbocycles. The highest BCUT2D eigenvalue weighted by Gasteiger charge is 2.10. The number of benzene rings is 1. The monoisotopic (exact) mass is 215 g/mol. The molecule has 16 heavy (non-hydrogen) atoms. The second-order valence-electron chi connectivity index (χ2n) is 4.01. The first-order valence-electron chi connectivity index (χ1n) is 5.47. The number of aromatic nitrogens is 4. The zero-order valence-corrected chi connectivity index (χ0v) is 9.14. The molecule has 5 nitrogen and oxygen atoms in total. The van der Waals surface area contributed by atoms with Crippen LogP contribution in [0.4, 0.5) is 5.69 Å². The van der Waals surface area contributed by atoms with Gasteiger partial charge in [-0.25, -0.2) is 0 Å². The highest BCUT2D eigenvalue weighted by molar-refractivity contribution is 5.57. The van der Waals surface area contributed by atoms with Crippen LogP contribution in [0.1, 0.15) is 17.8 Å². The number of hydrogen-bond acceptors (Lipinski definition) is 4. The lowest BCUT2D eigenvalue weighted by atomic mass is 10.0. The average molecular weight is 215 g/mol. The number of rotatable bonds is 1. The molecule has 0 fully saturated rings. The summed E-state index contributed by atoms with van der Waals surface area (Å²) in [6.07, 6.45) is 2.31. The lowest BCUT2D eigenvalue weighted by Crippen LogP contribution is -2.12. The van der Waals surface area contributed by atoms with Gasteiger partial charge in [0, 0.05) is 12.2 Å². The van der Waals surface area contributed by atoms with Crippen LogP contribution >= 0.6 is 0 Å². The molecule has 2 heterocycles. The van der Waals surface area contributed by atoms with E-state index in [4.69, 9.17) is 0 Å². The molecule has 0 radical (unpaired) electrons. The Balaban J connectivity index is 2.06. The van der Waals surface area contributed by atoms with E-state index in [1.54, 1.807) is 4.68 Å². The molecular weight excluding hydrogens is 202 g/mol. The minimum atomic E-state index is 0.809. The lowest BCUT2D eigenvalue weighted by molar-refractivity contribution is 0.773. The maximum Gasteiger partial charge on any atom is 0.153 e. The van der Waals surface area contributed by atoms with E-state index < -0.39 is 0 Å². The normalized spacial score (nSPS) is 14.3. The fourth-order valence-corrected chi connectivity index (χ4v) is 2.06. The third kappa shape index (κ3) is 1.44. The molecule has 0 atom stereocenters. The van der Waals surface area contributed by atoms with E-state index in [1.807, 2.05) is 13.0 Å². The van der Waals surface area contributed by atoms with Gasteiger partial charge >= 0.3 is 0 Å². The van der Waals surface area contributed by atoms with Crippen molar-refractivity contribution in [1.82, 2.24) is 20.2 Å². The van der Waals surface area contributed by atoms with Crippen molar-refractivity contribution >= 4 is 5.69 Å². The van der Waals surface area contributed by atoms with Crippen molar-refractivity contribution in [2.45, 2.75) is 19.8 Å². The topological polar surface area (TPSA) is 55.6 Å². The first-order chi connectivity index (χ1) is 7.84. The Labute approximate surface area is 93.5 Å². The minimum Gasteiger partial charge on any atom is -0.385 e. The van der Waals surface area contributed by atoms with Crippen molar-refractivity contribution in [2.24, 2.45) is 0 Å². The van der Waals surface area contributed by atoms with Crippen molar-refractivity contribution in [3.8, 4) is 5.69 Å². The van der Waals surface area contributed by atoms with Crippen molar-refractivity contribution in [3.63, 3.8) is 0 Å².